The second-order valence-electron chi connectivity index (χ2n) is 6.62. The molecule has 1 amide bonds. The number of aryl methyl sites for hydroxylation is 2. The van der Waals surface area contributed by atoms with Gasteiger partial charge in [-0.2, -0.15) is 5.10 Å². The van der Waals surface area contributed by atoms with Crippen LogP contribution >= 0.6 is 0 Å². The zero-order chi connectivity index (χ0) is 21.3. The van der Waals surface area contributed by atoms with Gasteiger partial charge in [0.15, 0.2) is 5.65 Å². The Morgan fingerprint density at radius 3 is 2.67 bits per heavy atom. The van der Waals surface area contributed by atoms with Gasteiger partial charge in [-0.3, -0.25) is 9.78 Å². The van der Waals surface area contributed by atoms with Crippen LogP contribution in [-0.2, 0) is 6.42 Å². The standard InChI is InChI=1S/C21H18N6O3/c1-3-15-18(21(29)30)19-22-8-7-17(27(19)26-15)13-5-4-6-14(9-13)25-20(28)16-11-23-12(2)10-24-16/h4-11H,3H2,1-2H3,(H,25,28)(H,29,30). The van der Waals surface area contributed by atoms with Crippen molar-refractivity contribution in [2.24, 2.45) is 0 Å². The number of anilines is 1. The average molecular weight is 402 g/mol. The Kier molecular flexibility index (Phi) is 4.93. The van der Waals surface area contributed by atoms with Gasteiger partial charge in [0.1, 0.15) is 11.3 Å². The third kappa shape index (κ3) is 3.48. The molecule has 0 spiro atoms. The number of fused-ring (bicyclic) bond motifs is 1. The summed E-state index contributed by atoms with van der Waals surface area (Å²) in [6, 6.07) is 8.92. The van der Waals surface area contributed by atoms with Gasteiger partial charge in [0.2, 0.25) is 0 Å². The van der Waals surface area contributed by atoms with E-state index >= 15 is 0 Å². The number of carbonyl (C=O) groups is 2. The molecule has 0 aliphatic carbocycles. The maximum atomic E-state index is 12.4. The summed E-state index contributed by atoms with van der Waals surface area (Å²) >= 11 is 0. The van der Waals surface area contributed by atoms with Gasteiger partial charge in [-0.15, -0.1) is 0 Å². The number of nitrogens with one attached hydrogen (secondary N) is 1. The number of benzene rings is 1. The predicted octanol–water partition coefficient (Wildman–Crippen LogP) is 3.01. The van der Waals surface area contributed by atoms with Crippen molar-refractivity contribution < 1.29 is 14.7 Å². The number of rotatable bonds is 5. The smallest absolute Gasteiger partial charge is 0.341 e. The van der Waals surface area contributed by atoms with Gasteiger partial charge in [-0.25, -0.2) is 19.3 Å². The Bertz CT molecular complexity index is 1260. The number of hydrogen-bond donors (Lipinski definition) is 2. The lowest BCUT2D eigenvalue weighted by molar-refractivity contribution is 0.0697. The monoisotopic (exact) mass is 402 g/mol. The minimum Gasteiger partial charge on any atom is -0.477 e. The van der Waals surface area contributed by atoms with Crippen molar-refractivity contribution in [3.05, 3.63) is 71.6 Å². The van der Waals surface area contributed by atoms with Crippen molar-refractivity contribution in [1.29, 1.82) is 0 Å². The first-order valence-electron chi connectivity index (χ1n) is 9.28. The number of aromatic nitrogens is 5. The molecule has 4 rings (SSSR count). The highest BCUT2D eigenvalue weighted by Gasteiger charge is 2.21. The first-order chi connectivity index (χ1) is 14.5. The van der Waals surface area contributed by atoms with E-state index in [1.807, 2.05) is 13.0 Å². The van der Waals surface area contributed by atoms with Gasteiger partial charge >= 0.3 is 5.97 Å². The molecule has 30 heavy (non-hydrogen) atoms. The summed E-state index contributed by atoms with van der Waals surface area (Å²) in [5.74, 6) is -1.44. The van der Waals surface area contributed by atoms with E-state index < -0.39 is 5.97 Å². The van der Waals surface area contributed by atoms with Crippen LogP contribution in [0.3, 0.4) is 0 Å². The number of carboxylic acid groups (broad SMARTS) is 1. The summed E-state index contributed by atoms with van der Waals surface area (Å²) in [7, 11) is 0. The Morgan fingerprint density at radius 1 is 1.13 bits per heavy atom. The number of amides is 1. The second-order valence-corrected chi connectivity index (χ2v) is 6.62. The molecule has 3 heterocycles. The number of nitrogens with zero attached hydrogens (tertiary/aromatic N) is 5. The molecule has 2 N–H and O–H groups in total. The van der Waals surface area contributed by atoms with E-state index in [9.17, 15) is 14.7 Å². The number of carbonyl (C=O) groups excluding carboxylic acids is 1. The van der Waals surface area contributed by atoms with Crippen molar-refractivity contribution in [2.45, 2.75) is 20.3 Å². The first-order valence-corrected chi connectivity index (χ1v) is 9.28. The van der Waals surface area contributed by atoms with Crippen LogP contribution in [-0.4, -0.2) is 41.5 Å². The lowest BCUT2D eigenvalue weighted by Gasteiger charge is -2.09. The van der Waals surface area contributed by atoms with Gasteiger partial charge in [0.05, 0.1) is 23.3 Å². The quantitative estimate of drug-likeness (QED) is 0.526. The Hall–Kier alpha value is -4.14. The van der Waals surface area contributed by atoms with Crippen molar-refractivity contribution in [3.8, 4) is 11.3 Å². The van der Waals surface area contributed by atoms with Crippen LogP contribution < -0.4 is 5.32 Å². The highest BCUT2D eigenvalue weighted by molar-refractivity contribution is 6.03. The molecule has 150 valence electrons. The SMILES string of the molecule is CCc1nn2c(-c3cccc(NC(=O)c4cnc(C)cn4)c3)ccnc2c1C(=O)O. The van der Waals surface area contributed by atoms with Gasteiger partial charge in [-0.05, 0) is 31.5 Å². The summed E-state index contributed by atoms with van der Waals surface area (Å²) in [6.45, 7) is 3.64. The van der Waals surface area contributed by atoms with E-state index in [4.69, 9.17) is 0 Å². The maximum Gasteiger partial charge on any atom is 0.341 e. The molecule has 9 heteroatoms. The van der Waals surface area contributed by atoms with Crippen LogP contribution in [0.25, 0.3) is 16.9 Å². The van der Waals surface area contributed by atoms with E-state index in [1.165, 1.54) is 16.9 Å². The topological polar surface area (TPSA) is 122 Å². The van der Waals surface area contributed by atoms with Gasteiger partial charge < -0.3 is 10.4 Å². The third-order valence-corrected chi connectivity index (χ3v) is 4.57. The van der Waals surface area contributed by atoms with Crippen molar-refractivity contribution in [3.63, 3.8) is 0 Å². The van der Waals surface area contributed by atoms with Gasteiger partial charge in [0, 0.05) is 23.6 Å². The number of aromatic carboxylic acids is 1. The average Bonchev–Trinajstić information content (AvgIpc) is 3.13. The molecule has 1 aromatic carbocycles. The molecule has 9 nitrogen and oxygen atoms in total. The normalized spacial score (nSPS) is 10.9. The van der Waals surface area contributed by atoms with Crippen molar-refractivity contribution >= 4 is 23.2 Å². The second kappa shape index (κ2) is 7.70. The van der Waals surface area contributed by atoms with Crippen LogP contribution in [0.2, 0.25) is 0 Å². The van der Waals surface area contributed by atoms with E-state index in [1.54, 1.807) is 37.4 Å². The highest BCUT2D eigenvalue weighted by Crippen LogP contribution is 2.25. The maximum absolute atomic E-state index is 12.4. The van der Waals surface area contributed by atoms with Crippen LogP contribution in [0.4, 0.5) is 5.69 Å². The molecule has 0 aliphatic heterocycles. The van der Waals surface area contributed by atoms with Crippen LogP contribution in [0.5, 0.6) is 0 Å². The van der Waals surface area contributed by atoms with Gasteiger partial charge in [0.25, 0.3) is 5.91 Å². The molecule has 0 bridgehead atoms. The van der Waals surface area contributed by atoms with E-state index in [2.05, 4.69) is 25.4 Å². The lowest BCUT2D eigenvalue weighted by atomic mass is 10.1. The largest absolute Gasteiger partial charge is 0.477 e. The van der Waals surface area contributed by atoms with Crippen molar-refractivity contribution in [1.82, 2.24) is 24.6 Å². The zero-order valence-electron chi connectivity index (χ0n) is 16.3. The molecule has 0 saturated carbocycles. The minimum atomic E-state index is -1.06. The van der Waals surface area contributed by atoms with Crippen LogP contribution in [0.1, 0.15) is 39.2 Å². The molecule has 0 radical (unpaired) electrons. The molecule has 0 fully saturated rings. The van der Waals surface area contributed by atoms with E-state index in [0.29, 0.717) is 23.5 Å². The third-order valence-electron chi connectivity index (χ3n) is 4.57. The molecule has 0 saturated heterocycles. The Balaban J connectivity index is 1.72. The lowest BCUT2D eigenvalue weighted by Crippen LogP contribution is -2.14. The summed E-state index contributed by atoms with van der Waals surface area (Å²) in [5, 5.41) is 16.8. The molecule has 3 aromatic heterocycles. The van der Waals surface area contributed by atoms with Crippen molar-refractivity contribution in [2.75, 3.05) is 5.32 Å². The van der Waals surface area contributed by atoms with E-state index in [0.717, 1.165) is 11.3 Å². The molecule has 0 unspecified atom stereocenters. The first kappa shape index (κ1) is 19.2. The van der Waals surface area contributed by atoms with E-state index in [-0.39, 0.29) is 22.8 Å². The zero-order valence-corrected chi connectivity index (χ0v) is 16.3. The molecule has 0 aliphatic rings. The van der Waals surface area contributed by atoms with Crippen LogP contribution in [0.15, 0.2) is 48.9 Å². The summed E-state index contributed by atoms with van der Waals surface area (Å²) in [5.41, 5.74) is 3.74. The Morgan fingerprint density at radius 2 is 1.97 bits per heavy atom. The fraction of sp³-hybridized carbons (Fsp3) is 0.143. The fourth-order valence-electron chi connectivity index (χ4n) is 3.14. The molecular formula is C21H18N6O3. The predicted molar refractivity (Wildman–Crippen MR) is 109 cm³/mol. The molecule has 4 aromatic rings. The molecular weight excluding hydrogens is 384 g/mol. The van der Waals surface area contributed by atoms with Gasteiger partial charge in [-0.1, -0.05) is 19.1 Å². The summed E-state index contributed by atoms with van der Waals surface area (Å²) in [4.78, 5) is 36.5. The highest BCUT2D eigenvalue weighted by atomic mass is 16.4. The Labute approximate surface area is 171 Å². The minimum absolute atomic E-state index is 0.0988. The summed E-state index contributed by atoms with van der Waals surface area (Å²) < 4.78 is 1.52. The van der Waals surface area contributed by atoms with Crippen LogP contribution in [0, 0.1) is 6.92 Å². The fourth-order valence-corrected chi connectivity index (χ4v) is 3.14. The number of carboxylic acids is 1. The summed E-state index contributed by atoms with van der Waals surface area (Å²) in [6.07, 6.45) is 4.97. The molecule has 0 atom stereocenters. The number of hydrogen-bond acceptors (Lipinski definition) is 6.